The summed E-state index contributed by atoms with van der Waals surface area (Å²) < 4.78 is 35.8. The highest BCUT2D eigenvalue weighted by Gasteiger charge is 2.31. The lowest BCUT2D eigenvalue weighted by Gasteiger charge is -2.07. The van der Waals surface area contributed by atoms with Gasteiger partial charge in [0.2, 0.25) is 0 Å². The Balaban J connectivity index is 4.54. The highest BCUT2D eigenvalue weighted by molar-refractivity contribution is 5.21. The fourth-order valence-corrected chi connectivity index (χ4v) is 0.637. The molecule has 0 aliphatic rings. The largest absolute Gasteiger partial charge is 0.416 e. The summed E-state index contributed by atoms with van der Waals surface area (Å²) in [6.07, 6.45) is -2.28. The zero-order valence-corrected chi connectivity index (χ0v) is 6.57. The second-order valence-corrected chi connectivity index (χ2v) is 2.57. The number of halogens is 3. The van der Waals surface area contributed by atoms with Crippen LogP contribution in [0.3, 0.4) is 0 Å². The Bertz CT molecular complexity index is 163. The number of allylic oxidation sites excluding steroid dienone is 3. The van der Waals surface area contributed by atoms with Gasteiger partial charge in [0.25, 0.3) is 0 Å². The summed E-state index contributed by atoms with van der Waals surface area (Å²) in [5, 5.41) is 0. The van der Waals surface area contributed by atoms with Crippen molar-refractivity contribution in [3.8, 4) is 0 Å². The van der Waals surface area contributed by atoms with Gasteiger partial charge >= 0.3 is 6.18 Å². The molecule has 0 saturated carbocycles. The van der Waals surface area contributed by atoms with Crippen LogP contribution in [0.4, 0.5) is 13.2 Å². The Morgan fingerprint density at radius 3 is 1.91 bits per heavy atom. The van der Waals surface area contributed by atoms with Crippen molar-refractivity contribution in [2.75, 3.05) is 0 Å². The Kier molecular flexibility index (Phi) is 3.36. The molecular formula is C8H11F3. The number of hydrogen-bond acceptors (Lipinski definition) is 0. The molecule has 0 saturated heterocycles. The summed E-state index contributed by atoms with van der Waals surface area (Å²) in [6, 6.07) is 0. The highest BCUT2D eigenvalue weighted by Crippen LogP contribution is 2.27. The van der Waals surface area contributed by atoms with Gasteiger partial charge in [-0.1, -0.05) is 32.6 Å². The van der Waals surface area contributed by atoms with Crippen LogP contribution in [0.25, 0.3) is 0 Å². The fourth-order valence-electron chi connectivity index (χ4n) is 0.637. The molecule has 0 unspecified atom stereocenters. The van der Waals surface area contributed by atoms with Crippen molar-refractivity contribution >= 4 is 0 Å². The zero-order chi connectivity index (χ0) is 9.07. The van der Waals surface area contributed by atoms with Crippen LogP contribution in [0, 0.1) is 5.92 Å². The molecule has 0 radical (unpaired) electrons. The van der Waals surface area contributed by atoms with E-state index in [2.05, 4.69) is 6.58 Å². The summed E-state index contributed by atoms with van der Waals surface area (Å²) >= 11 is 0. The molecule has 11 heavy (non-hydrogen) atoms. The summed E-state index contributed by atoms with van der Waals surface area (Å²) in [6.45, 7) is 6.47. The van der Waals surface area contributed by atoms with E-state index in [-0.39, 0.29) is 5.92 Å². The predicted octanol–water partition coefficient (Wildman–Crippen LogP) is 3.32. The maximum atomic E-state index is 11.9. The molecule has 0 aromatic carbocycles. The van der Waals surface area contributed by atoms with Crippen molar-refractivity contribution in [1.82, 2.24) is 0 Å². The van der Waals surface area contributed by atoms with Crippen LogP contribution in [0.5, 0.6) is 0 Å². The average molecular weight is 164 g/mol. The maximum absolute atomic E-state index is 11.9. The summed E-state index contributed by atoms with van der Waals surface area (Å²) in [5.41, 5.74) is -0.660. The quantitative estimate of drug-likeness (QED) is 0.549. The second kappa shape index (κ2) is 3.60. The van der Waals surface area contributed by atoms with E-state index in [1.807, 2.05) is 0 Å². The molecule has 0 rings (SSSR count). The van der Waals surface area contributed by atoms with E-state index in [0.717, 1.165) is 12.2 Å². The topological polar surface area (TPSA) is 0 Å². The fraction of sp³-hybridized carbons (Fsp3) is 0.500. The van der Waals surface area contributed by atoms with Gasteiger partial charge < -0.3 is 0 Å². The minimum Gasteiger partial charge on any atom is -0.166 e. The number of hydrogen-bond donors (Lipinski definition) is 0. The van der Waals surface area contributed by atoms with Crippen LogP contribution in [-0.2, 0) is 0 Å². The first-order valence-electron chi connectivity index (χ1n) is 3.29. The normalized spacial score (nSPS) is 13.8. The van der Waals surface area contributed by atoms with Gasteiger partial charge in [-0.2, -0.15) is 13.2 Å². The molecule has 0 nitrogen and oxygen atoms in total. The van der Waals surface area contributed by atoms with Gasteiger partial charge in [0, 0.05) is 0 Å². The van der Waals surface area contributed by atoms with Gasteiger partial charge in [0.15, 0.2) is 0 Å². The number of alkyl halides is 3. The van der Waals surface area contributed by atoms with Gasteiger partial charge in [0.05, 0.1) is 5.57 Å². The molecular weight excluding hydrogens is 153 g/mol. The molecule has 0 aromatic heterocycles. The Labute approximate surface area is 64.4 Å². The van der Waals surface area contributed by atoms with E-state index in [1.165, 1.54) is 0 Å². The van der Waals surface area contributed by atoms with Crippen LogP contribution in [0.15, 0.2) is 24.3 Å². The van der Waals surface area contributed by atoms with E-state index in [0.29, 0.717) is 0 Å². The third kappa shape index (κ3) is 3.86. The van der Waals surface area contributed by atoms with Gasteiger partial charge in [-0.25, -0.2) is 0 Å². The third-order valence-electron chi connectivity index (χ3n) is 1.06. The smallest absolute Gasteiger partial charge is 0.166 e. The van der Waals surface area contributed by atoms with Crippen molar-refractivity contribution in [3.05, 3.63) is 24.3 Å². The molecule has 0 spiro atoms. The highest BCUT2D eigenvalue weighted by atomic mass is 19.4. The van der Waals surface area contributed by atoms with Crippen molar-refractivity contribution in [2.45, 2.75) is 20.0 Å². The first-order valence-corrected chi connectivity index (χ1v) is 3.29. The van der Waals surface area contributed by atoms with Crippen LogP contribution >= 0.6 is 0 Å². The maximum Gasteiger partial charge on any atom is 0.416 e. The predicted molar refractivity (Wildman–Crippen MR) is 39.2 cm³/mol. The van der Waals surface area contributed by atoms with Crippen LogP contribution in [0.2, 0.25) is 0 Å². The van der Waals surface area contributed by atoms with Crippen molar-refractivity contribution in [3.63, 3.8) is 0 Å². The summed E-state index contributed by atoms with van der Waals surface area (Å²) in [4.78, 5) is 0. The molecule has 64 valence electrons. The van der Waals surface area contributed by atoms with E-state index in [1.54, 1.807) is 13.8 Å². The van der Waals surface area contributed by atoms with E-state index < -0.39 is 11.7 Å². The molecule has 0 fully saturated rings. The van der Waals surface area contributed by atoms with E-state index in [4.69, 9.17) is 0 Å². The lowest BCUT2D eigenvalue weighted by molar-refractivity contribution is -0.0885. The molecule has 0 N–H and O–H groups in total. The van der Waals surface area contributed by atoms with Gasteiger partial charge in [-0.05, 0) is 5.92 Å². The molecule has 0 atom stereocenters. The minimum atomic E-state index is -4.26. The summed E-state index contributed by atoms with van der Waals surface area (Å²) in [5.74, 6) is -0.107. The monoisotopic (exact) mass is 164 g/mol. The summed E-state index contributed by atoms with van der Waals surface area (Å²) in [7, 11) is 0. The van der Waals surface area contributed by atoms with E-state index >= 15 is 0 Å². The van der Waals surface area contributed by atoms with Crippen molar-refractivity contribution in [1.29, 1.82) is 0 Å². The first kappa shape index (κ1) is 10.3. The van der Waals surface area contributed by atoms with Gasteiger partial charge in [-0.3, -0.25) is 0 Å². The Hall–Kier alpha value is -0.730. The lowest BCUT2D eigenvalue weighted by Crippen LogP contribution is -2.10. The van der Waals surface area contributed by atoms with Crippen LogP contribution < -0.4 is 0 Å². The van der Waals surface area contributed by atoms with Gasteiger partial charge in [-0.15, -0.1) is 0 Å². The van der Waals surface area contributed by atoms with Crippen LogP contribution in [-0.4, -0.2) is 6.18 Å². The standard InChI is InChI=1S/C8H11F3/c1-4-7(5-6(2)3)8(9,10)11/h4-6H,1H2,2-3H3/b7-5+. The van der Waals surface area contributed by atoms with Gasteiger partial charge in [0.1, 0.15) is 0 Å². The zero-order valence-electron chi connectivity index (χ0n) is 6.57. The Morgan fingerprint density at radius 1 is 1.36 bits per heavy atom. The molecule has 0 aliphatic heterocycles. The van der Waals surface area contributed by atoms with Crippen molar-refractivity contribution < 1.29 is 13.2 Å². The minimum absolute atomic E-state index is 0.107. The molecule has 0 amide bonds. The van der Waals surface area contributed by atoms with Crippen molar-refractivity contribution in [2.24, 2.45) is 5.92 Å². The SMILES string of the molecule is C=C/C(=C\C(C)C)C(F)(F)F. The average Bonchev–Trinajstić information content (AvgIpc) is 1.79. The number of rotatable bonds is 2. The van der Waals surface area contributed by atoms with Crippen LogP contribution in [0.1, 0.15) is 13.8 Å². The lowest BCUT2D eigenvalue weighted by atomic mass is 10.1. The molecule has 0 bridgehead atoms. The molecule has 0 aliphatic carbocycles. The third-order valence-corrected chi connectivity index (χ3v) is 1.06. The van der Waals surface area contributed by atoms with E-state index in [9.17, 15) is 13.2 Å². The first-order chi connectivity index (χ1) is 4.88. The Morgan fingerprint density at radius 2 is 1.82 bits per heavy atom. The molecule has 3 heteroatoms. The molecule has 0 heterocycles. The molecule has 0 aromatic rings. The second-order valence-electron chi connectivity index (χ2n) is 2.57.